The molecule has 266 valence electrons. The Morgan fingerprint density at radius 3 is 1.80 bits per heavy atom. The summed E-state index contributed by atoms with van der Waals surface area (Å²) in [5, 5.41) is 10.8. The molecule has 0 fully saturated rings. The molecular weight excluding hydrogens is 803 g/mol. The average Bonchev–Trinajstić information content (AvgIpc) is 3.83. The van der Waals surface area contributed by atoms with Gasteiger partial charge in [0.25, 0.3) is 0 Å². The van der Waals surface area contributed by atoms with E-state index in [0.29, 0.717) is 0 Å². The zero-order valence-corrected chi connectivity index (χ0v) is 35.7. The molecule has 10 rings (SSSR count). The maximum absolute atomic E-state index is 4.93. The van der Waals surface area contributed by atoms with Crippen LogP contribution in [-0.4, -0.2) is 9.52 Å². The number of rotatable bonds is 5. The van der Waals surface area contributed by atoms with E-state index in [1.54, 1.807) is 0 Å². The predicted octanol–water partition coefficient (Wildman–Crippen LogP) is 13.3. The van der Waals surface area contributed by atoms with Gasteiger partial charge in [-0.1, -0.05) is 180 Å². The van der Waals surface area contributed by atoms with E-state index in [4.69, 9.17) is 17.0 Å². The molecular formula is C51H40Cl2SiZr. The van der Waals surface area contributed by atoms with E-state index in [1.807, 2.05) is 6.07 Å². The Labute approximate surface area is 346 Å². The number of hydrogen-bond acceptors (Lipinski definition) is 0. The monoisotopic (exact) mass is 840 g/mol. The fraction of sp³-hybridized carbons (Fsp3) is 0.0784. The van der Waals surface area contributed by atoms with E-state index >= 15 is 0 Å². The van der Waals surface area contributed by atoms with Gasteiger partial charge in [-0.05, 0) is 46.0 Å². The Bertz CT molecular complexity index is 2480. The van der Waals surface area contributed by atoms with Crippen molar-refractivity contribution in [2.24, 2.45) is 0 Å². The normalized spacial score (nSPS) is 10.9. The van der Waals surface area contributed by atoms with Crippen LogP contribution in [0.3, 0.4) is 0 Å². The number of benzene rings is 8. The van der Waals surface area contributed by atoms with Crippen LogP contribution in [0.15, 0.2) is 188 Å². The molecule has 0 atom stereocenters. The van der Waals surface area contributed by atoms with Crippen LogP contribution in [0.2, 0.25) is 0 Å². The van der Waals surface area contributed by atoms with Crippen LogP contribution in [0.1, 0.15) is 30.0 Å². The summed E-state index contributed by atoms with van der Waals surface area (Å²) >= 11 is -0.826. The van der Waals surface area contributed by atoms with Gasteiger partial charge >= 0.3 is 37.9 Å². The Balaban J connectivity index is 0.000000134. The predicted molar refractivity (Wildman–Crippen MR) is 237 cm³/mol. The molecule has 0 spiro atoms. The van der Waals surface area contributed by atoms with Crippen LogP contribution < -0.4 is 10.4 Å². The molecule has 0 aromatic heterocycles. The topological polar surface area (TPSA) is 0 Å². The third-order valence-electron chi connectivity index (χ3n) is 9.84. The summed E-state index contributed by atoms with van der Waals surface area (Å²) < 4.78 is 0. The maximum Gasteiger partial charge on any atom is 0.121 e. The van der Waals surface area contributed by atoms with E-state index < -0.39 is 20.8 Å². The minimum Gasteiger partial charge on any atom is -0.179 e. The van der Waals surface area contributed by atoms with Gasteiger partial charge in [-0.2, -0.15) is 35.9 Å². The van der Waals surface area contributed by atoms with Crippen LogP contribution in [0.5, 0.6) is 0 Å². The van der Waals surface area contributed by atoms with Crippen molar-refractivity contribution in [2.75, 3.05) is 0 Å². The van der Waals surface area contributed by atoms with Crippen molar-refractivity contribution < 1.29 is 20.8 Å². The van der Waals surface area contributed by atoms with Gasteiger partial charge in [0.15, 0.2) is 0 Å². The van der Waals surface area contributed by atoms with Crippen LogP contribution in [-0.2, 0) is 33.7 Å². The van der Waals surface area contributed by atoms with Crippen molar-refractivity contribution in [1.82, 2.24) is 0 Å². The first-order valence-corrected chi connectivity index (χ1v) is 26.0. The molecule has 9 aromatic carbocycles. The molecule has 1 aliphatic rings. The first kappa shape index (κ1) is 38.8. The van der Waals surface area contributed by atoms with Crippen molar-refractivity contribution in [3.8, 4) is 22.3 Å². The maximum atomic E-state index is 4.93. The van der Waals surface area contributed by atoms with Gasteiger partial charge in [0, 0.05) is 0 Å². The Morgan fingerprint density at radius 2 is 1.15 bits per heavy atom. The van der Waals surface area contributed by atoms with Crippen molar-refractivity contribution in [2.45, 2.75) is 26.2 Å². The molecule has 1 aliphatic carbocycles. The Kier molecular flexibility index (Phi) is 13.7. The molecule has 0 aliphatic heterocycles. The van der Waals surface area contributed by atoms with Crippen LogP contribution in [0.25, 0.3) is 54.6 Å². The van der Waals surface area contributed by atoms with Gasteiger partial charge < -0.3 is 0 Å². The fourth-order valence-electron chi connectivity index (χ4n) is 7.46. The minimum atomic E-state index is -0.826. The number of halogens is 2. The number of fused-ring (bicyclic) bond motifs is 6. The molecule has 55 heavy (non-hydrogen) atoms. The van der Waals surface area contributed by atoms with Gasteiger partial charge in [0.05, 0.1) is 0 Å². The molecule has 4 heteroatoms. The summed E-state index contributed by atoms with van der Waals surface area (Å²) in [6, 6.07) is 70.5. The van der Waals surface area contributed by atoms with Crippen molar-refractivity contribution in [1.29, 1.82) is 0 Å². The van der Waals surface area contributed by atoms with Crippen LogP contribution >= 0.6 is 17.0 Å². The van der Waals surface area contributed by atoms with Crippen molar-refractivity contribution >= 4 is 69.2 Å². The summed E-state index contributed by atoms with van der Waals surface area (Å²) in [4.78, 5) is 0. The molecule has 2 radical (unpaired) electrons. The summed E-state index contributed by atoms with van der Waals surface area (Å²) in [6.07, 6.45) is 3.37. The molecule has 0 saturated carbocycles. The number of hydrogen-bond donors (Lipinski definition) is 0. The van der Waals surface area contributed by atoms with E-state index in [9.17, 15) is 0 Å². The Morgan fingerprint density at radius 1 is 0.582 bits per heavy atom. The summed E-state index contributed by atoms with van der Waals surface area (Å²) in [7, 11) is 10.6. The van der Waals surface area contributed by atoms with Gasteiger partial charge in [-0.3, -0.25) is 0 Å². The quantitative estimate of drug-likeness (QED) is 0.0920. The molecule has 0 saturated heterocycles. The second-order valence-electron chi connectivity index (χ2n) is 13.4. The van der Waals surface area contributed by atoms with Crippen LogP contribution in [0, 0.1) is 6.07 Å². The Hall–Kier alpha value is -4.43. The van der Waals surface area contributed by atoms with Crippen molar-refractivity contribution in [3.63, 3.8) is 0 Å². The average molecular weight is 843 g/mol. The first-order valence-electron chi connectivity index (χ1n) is 18.7. The second-order valence-corrected chi connectivity index (χ2v) is 18.6. The summed E-state index contributed by atoms with van der Waals surface area (Å²) in [6.45, 7) is 2.25. The second kappa shape index (κ2) is 19.4. The van der Waals surface area contributed by atoms with E-state index in [0.717, 1.165) is 22.4 Å². The molecule has 9 aromatic rings. The molecule has 0 nitrogen and oxygen atoms in total. The molecule has 0 amide bonds. The van der Waals surface area contributed by atoms with E-state index in [2.05, 4.69) is 195 Å². The minimum absolute atomic E-state index is 0.777. The molecule has 0 unspecified atom stereocenters. The van der Waals surface area contributed by atoms with Gasteiger partial charge in [0.1, 0.15) is 9.52 Å². The fourth-order valence-corrected chi connectivity index (χ4v) is 8.51. The SMILES string of the molecule is CCCc1cc2c(-c3c4ccccc4cc4ccccc34)cccc2[cH-]1.[Cl][Zr+2][Cl].[c-]1cccc2c1Cc1ccccc1-2.c1ccc([Si]c2ccccc2)cc1. The van der Waals surface area contributed by atoms with Crippen LogP contribution in [0.4, 0.5) is 0 Å². The zero-order chi connectivity index (χ0) is 37.8. The third kappa shape index (κ3) is 9.52. The van der Waals surface area contributed by atoms with Gasteiger partial charge in [-0.25, -0.2) is 0 Å². The first-order chi connectivity index (χ1) is 27.2. The molecule has 0 bridgehead atoms. The van der Waals surface area contributed by atoms with E-state index in [-0.39, 0.29) is 0 Å². The zero-order valence-electron chi connectivity index (χ0n) is 30.8. The smallest absolute Gasteiger partial charge is 0.121 e. The van der Waals surface area contributed by atoms with Gasteiger partial charge in [-0.15, -0.1) is 40.1 Å². The third-order valence-corrected chi connectivity index (χ3v) is 11.1. The summed E-state index contributed by atoms with van der Waals surface area (Å²) in [5.41, 5.74) is 9.66. The molecule has 0 N–H and O–H groups in total. The van der Waals surface area contributed by atoms with E-state index in [1.165, 1.54) is 88.1 Å². The number of aryl methyl sites for hydroxylation is 1. The van der Waals surface area contributed by atoms with Gasteiger partial charge in [0.2, 0.25) is 0 Å². The summed E-state index contributed by atoms with van der Waals surface area (Å²) in [5.74, 6) is 0. The molecule has 0 heterocycles. The standard InChI is InChI=1S/C26H21.C13H9.C12H10Si.2ClH.Zr/c1-2-8-18-15-19-11-7-14-24(25(19)16-18)26-22-12-5-3-9-20(22)17-21-10-4-6-13-23(21)26;1-3-7-12-10(5-1)9-11-6-2-4-8-13(11)12;1-3-7-11(8-4-1)13-12-9-5-2-6-10-12;;;/h3-7,9-17H,2,8H2,1H3;1-5,7-8H,9H2;1-10H;2*1H;/q2*-1;;;;+4/p-2. The largest absolute Gasteiger partial charge is 0.179 e. The van der Waals surface area contributed by atoms with Crippen molar-refractivity contribution in [3.05, 3.63) is 211 Å².